The zero-order valence-corrected chi connectivity index (χ0v) is 22.4. The van der Waals surface area contributed by atoms with E-state index >= 15 is 0 Å². The number of benzene rings is 3. The van der Waals surface area contributed by atoms with E-state index in [9.17, 15) is 29.6 Å². The second-order valence-electron chi connectivity index (χ2n) is 7.34. The van der Waals surface area contributed by atoms with Gasteiger partial charge < -0.3 is 15.7 Å². The highest BCUT2D eigenvalue weighted by Gasteiger charge is 2.29. The fraction of sp³-hybridized carbons (Fsp3) is 0.0870. The highest BCUT2D eigenvalue weighted by Crippen LogP contribution is 2.42. The quantitative estimate of drug-likeness (QED) is 0.0809. The van der Waals surface area contributed by atoms with Crippen LogP contribution in [0, 0.1) is 10.1 Å². The zero-order valence-electron chi connectivity index (χ0n) is 18.6. The minimum atomic E-state index is -1.51. The lowest BCUT2D eigenvalue weighted by atomic mass is 10.1. The Morgan fingerprint density at radius 3 is 1.84 bits per heavy atom. The van der Waals surface area contributed by atoms with Crippen LogP contribution in [0.3, 0.4) is 0 Å². The highest BCUT2D eigenvalue weighted by molar-refractivity contribution is 8.00. The maximum atomic E-state index is 12.8. The summed E-state index contributed by atoms with van der Waals surface area (Å²) in [6.45, 7) is 1.69. The number of halogens is 4. The molecule has 0 saturated heterocycles. The molecule has 1 unspecified atom stereocenters. The van der Waals surface area contributed by atoms with Crippen LogP contribution in [-0.2, 0) is 4.79 Å². The molecule has 0 fully saturated rings. The molecule has 0 spiro atoms. The Hall–Kier alpha value is -3.02. The fourth-order valence-electron chi connectivity index (χ4n) is 3.02. The maximum Gasteiger partial charge on any atom is 0.338 e. The first-order chi connectivity index (χ1) is 17.4. The SMILES string of the molecule is CC(Sc1ccc(NC(=O)c2c(Cl)c(Cl)c(Cl)c(Cl)c2C(=O)O)cc1)C(=O)Nc1ccc([N+](=O)[O-])cc1. The van der Waals surface area contributed by atoms with Gasteiger partial charge in [0.1, 0.15) is 0 Å². The maximum absolute atomic E-state index is 12.8. The molecule has 2 amide bonds. The lowest BCUT2D eigenvalue weighted by Crippen LogP contribution is -2.22. The van der Waals surface area contributed by atoms with Gasteiger partial charge in [0.15, 0.2) is 0 Å². The van der Waals surface area contributed by atoms with Crippen LogP contribution in [-0.4, -0.2) is 33.1 Å². The second kappa shape index (κ2) is 12.0. The van der Waals surface area contributed by atoms with Crippen molar-refractivity contribution in [2.75, 3.05) is 10.6 Å². The van der Waals surface area contributed by atoms with Crippen molar-refractivity contribution in [2.24, 2.45) is 0 Å². The van der Waals surface area contributed by atoms with Crippen molar-refractivity contribution in [3.63, 3.8) is 0 Å². The van der Waals surface area contributed by atoms with E-state index in [4.69, 9.17) is 46.4 Å². The summed E-state index contributed by atoms with van der Waals surface area (Å²) in [5, 5.41) is 23.6. The van der Waals surface area contributed by atoms with Gasteiger partial charge in [-0.1, -0.05) is 46.4 Å². The molecule has 3 rings (SSSR count). The van der Waals surface area contributed by atoms with Crippen LogP contribution in [0.1, 0.15) is 27.6 Å². The number of rotatable bonds is 8. The van der Waals surface area contributed by atoms with Crippen molar-refractivity contribution < 1.29 is 24.4 Å². The van der Waals surface area contributed by atoms with Gasteiger partial charge in [-0.25, -0.2) is 4.79 Å². The first-order valence-electron chi connectivity index (χ1n) is 10.1. The van der Waals surface area contributed by atoms with Crippen LogP contribution in [0.15, 0.2) is 53.4 Å². The number of amides is 2. The molecule has 0 radical (unpaired) electrons. The molecule has 9 nitrogen and oxygen atoms in total. The van der Waals surface area contributed by atoms with E-state index in [-0.39, 0.29) is 26.7 Å². The Bertz CT molecular complexity index is 1400. The average molecular weight is 603 g/mol. The van der Waals surface area contributed by atoms with E-state index in [0.29, 0.717) is 16.3 Å². The number of thioether (sulfide) groups is 1. The van der Waals surface area contributed by atoms with Gasteiger partial charge in [0.2, 0.25) is 5.91 Å². The van der Waals surface area contributed by atoms with Crippen molar-refractivity contribution >= 4 is 93.0 Å². The summed E-state index contributed by atoms with van der Waals surface area (Å²) < 4.78 is 0. The van der Waals surface area contributed by atoms with E-state index in [1.165, 1.54) is 36.0 Å². The summed E-state index contributed by atoms with van der Waals surface area (Å²) in [4.78, 5) is 47.9. The van der Waals surface area contributed by atoms with Gasteiger partial charge in [-0.05, 0) is 43.3 Å². The molecule has 37 heavy (non-hydrogen) atoms. The number of hydrogen-bond donors (Lipinski definition) is 3. The minimum absolute atomic E-state index is 0.0867. The number of carbonyl (C=O) groups is 3. The second-order valence-corrected chi connectivity index (χ2v) is 10.3. The lowest BCUT2D eigenvalue weighted by Gasteiger charge is -2.15. The Kier molecular flexibility index (Phi) is 9.27. The normalized spacial score (nSPS) is 11.5. The zero-order chi connectivity index (χ0) is 27.4. The smallest absolute Gasteiger partial charge is 0.338 e. The molecule has 3 aromatic carbocycles. The number of non-ortho nitro benzene ring substituents is 1. The molecular formula is C23H15Cl4N3O6S. The van der Waals surface area contributed by atoms with Crippen LogP contribution >= 0.6 is 58.2 Å². The van der Waals surface area contributed by atoms with Crippen LogP contribution in [0.2, 0.25) is 20.1 Å². The van der Waals surface area contributed by atoms with E-state index in [0.717, 1.165) is 0 Å². The van der Waals surface area contributed by atoms with E-state index in [1.54, 1.807) is 31.2 Å². The summed E-state index contributed by atoms with van der Waals surface area (Å²) in [7, 11) is 0. The standard InChI is InChI=1S/C23H15Cl4N3O6S/c1-10(21(31)28-11-2-6-13(7-3-11)30(35)36)37-14-8-4-12(5-9-14)29-22(32)15-16(23(33)34)18(25)20(27)19(26)17(15)24/h2-10H,1H3,(H,28,31)(H,29,32)(H,33,34). The lowest BCUT2D eigenvalue weighted by molar-refractivity contribution is -0.384. The Morgan fingerprint density at radius 1 is 0.838 bits per heavy atom. The summed E-state index contributed by atoms with van der Waals surface area (Å²) in [6, 6.07) is 11.9. The molecule has 1 atom stereocenters. The minimum Gasteiger partial charge on any atom is -0.478 e. The highest BCUT2D eigenvalue weighted by atomic mass is 35.5. The monoisotopic (exact) mass is 601 g/mol. The Labute approximate surface area is 234 Å². The topological polar surface area (TPSA) is 139 Å². The molecule has 14 heteroatoms. The summed E-state index contributed by atoms with van der Waals surface area (Å²) in [5.41, 5.74) is -0.381. The predicted octanol–water partition coefficient (Wildman–Crippen LogP) is 7.28. The van der Waals surface area contributed by atoms with E-state index in [1.807, 2.05) is 0 Å². The van der Waals surface area contributed by atoms with Gasteiger partial charge in [0.25, 0.3) is 11.6 Å². The number of nitrogens with zero attached hydrogens (tertiary/aromatic N) is 1. The van der Waals surface area contributed by atoms with Crippen molar-refractivity contribution in [3.05, 3.63) is 89.9 Å². The number of carboxylic acids is 1. The molecule has 192 valence electrons. The molecule has 0 aromatic heterocycles. The molecule has 0 heterocycles. The van der Waals surface area contributed by atoms with Crippen molar-refractivity contribution in [2.45, 2.75) is 17.1 Å². The van der Waals surface area contributed by atoms with Gasteiger partial charge in [0.05, 0.1) is 41.4 Å². The number of nitro benzene ring substituents is 1. The largest absolute Gasteiger partial charge is 0.478 e. The third-order valence-corrected chi connectivity index (χ3v) is 7.76. The predicted molar refractivity (Wildman–Crippen MR) is 145 cm³/mol. The van der Waals surface area contributed by atoms with Crippen LogP contribution < -0.4 is 10.6 Å². The third-order valence-electron chi connectivity index (χ3n) is 4.85. The average Bonchev–Trinajstić information content (AvgIpc) is 2.85. The van der Waals surface area contributed by atoms with E-state index < -0.39 is 38.2 Å². The van der Waals surface area contributed by atoms with Gasteiger partial charge in [-0.3, -0.25) is 19.7 Å². The van der Waals surface area contributed by atoms with Crippen LogP contribution in [0.5, 0.6) is 0 Å². The molecule has 3 N–H and O–H groups in total. The molecule has 0 aliphatic heterocycles. The van der Waals surface area contributed by atoms with Gasteiger partial charge in [0, 0.05) is 28.4 Å². The molecule has 0 bridgehead atoms. The Morgan fingerprint density at radius 2 is 1.32 bits per heavy atom. The molecule has 0 saturated carbocycles. The Balaban J connectivity index is 1.69. The number of aromatic carboxylic acids is 1. The van der Waals surface area contributed by atoms with E-state index in [2.05, 4.69) is 10.6 Å². The van der Waals surface area contributed by atoms with Crippen LogP contribution in [0.25, 0.3) is 0 Å². The summed E-state index contributed by atoms with van der Waals surface area (Å²) >= 11 is 25.2. The first-order valence-corrected chi connectivity index (χ1v) is 12.5. The summed E-state index contributed by atoms with van der Waals surface area (Å²) in [5.74, 6) is -2.69. The number of nitro groups is 1. The number of nitrogens with one attached hydrogen (secondary N) is 2. The summed E-state index contributed by atoms with van der Waals surface area (Å²) in [6.07, 6.45) is 0. The number of carboxylic acid groups (broad SMARTS) is 1. The van der Waals surface area contributed by atoms with Gasteiger partial charge in [-0.15, -0.1) is 11.8 Å². The van der Waals surface area contributed by atoms with Crippen molar-refractivity contribution in [3.8, 4) is 0 Å². The molecule has 0 aliphatic rings. The van der Waals surface area contributed by atoms with Gasteiger partial charge >= 0.3 is 5.97 Å². The number of anilines is 2. The van der Waals surface area contributed by atoms with Crippen molar-refractivity contribution in [1.29, 1.82) is 0 Å². The third kappa shape index (κ3) is 6.65. The number of carbonyl (C=O) groups excluding carboxylic acids is 2. The number of hydrogen-bond acceptors (Lipinski definition) is 6. The van der Waals surface area contributed by atoms with Gasteiger partial charge in [-0.2, -0.15) is 0 Å². The molecule has 0 aliphatic carbocycles. The molecule has 3 aromatic rings. The molecular weight excluding hydrogens is 588 g/mol. The van der Waals surface area contributed by atoms with Crippen LogP contribution in [0.4, 0.5) is 17.1 Å². The first kappa shape index (κ1) is 28.5. The van der Waals surface area contributed by atoms with Crippen molar-refractivity contribution in [1.82, 2.24) is 0 Å². The fourth-order valence-corrected chi connectivity index (χ4v) is 4.91.